The molecular formula is C20H23N5O. The van der Waals surface area contributed by atoms with Crippen LogP contribution < -0.4 is 0 Å². The lowest BCUT2D eigenvalue weighted by Crippen LogP contribution is -2.36. The molecule has 0 bridgehead atoms. The molecule has 1 aliphatic heterocycles. The maximum atomic E-state index is 13.3. The lowest BCUT2D eigenvalue weighted by Gasteiger charge is -2.30. The van der Waals surface area contributed by atoms with E-state index in [1.54, 1.807) is 17.1 Å². The van der Waals surface area contributed by atoms with Gasteiger partial charge in [0.1, 0.15) is 5.69 Å². The molecule has 1 fully saturated rings. The minimum absolute atomic E-state index is 0.00731. The summed E-state index contributed by atoms with van der Waals surface area (Å²) in [7, 11) is 2.04. The van der Waals surface area contributed by atoms with E-state index in [2.05, 4.69) is 20.7 Å². The number of carbonyl (C=O) groups is 1. The Morgan fingerprint density at radius 3 is 2.81 bits per heavy atom. The first-order valence-electron chi connectivity index (χ1n) is 9.12. The molecule has 6 nitrogen and oxygen atoms in total. The van der Waals surface area contributed by atoms with Crippen LogP contribution >= 0.6 is 0 Å². The summed E-state index contributed by atoms with van der Waals surface area (Å²) in [5, 5.41) is 4.24. The van der Waals surface area contributed by atoms with Crippen molar-refractivity contribution in [2.75, 3.05) is 6.54 Å². The van der Waals surface area contributed by atoms with Gasteiger partial charge in [-0.2, -0.15) is 5.10 Å². The van der Waals surface area contributed by atoms with Crippen molar-refractivity contribution in [1.82, 2.24) is 24.2 Å². The van der Waals surface area contributed by atoms with Crippen molar-refractivity contribution in [3.63, 3.8) is 0 Å². The van der Waals surface area contributed by atoms with Crippen LogP contribution in [0, 0.1) is 0 Å². The molecule has 0 unspecified atom stereocenters. The number of aromatic nitrogens is 4. The van der Waals surface area contributed by atoms with Crippen LogP contribution in [-0.2, 0) is 7.05 Å². The summed E-state index contributed by atoms with van der Waals surface area (Å²) in [5.74, 6) is -0.00731. The Morgan fingerprint density at radius 2 is 2.04 bits per heavy atom. The predicted octanol–water partition coefficient (Wildman–Crippen LogP) is 3.36. The van der Waals surface area contributed by atoms with E-state index in [1.807, 2.05) is 48.6 Å². The van der Waals surface area contributed by atoms with Gasteiger partial charge in [0.15, 0.2) is 0 Å². The first kappa shape index (κ1) is 16.6. The molecule has 0 aromatic carbocycles. The molecule has 0 spiro atoms. The molecule has 1 amide bonds. The largest absolute Gasteiger partial charge is 0.353 e. The monoisotopic (exact) mass is 349 g/mol. The van der Waals surface area contributed by atoms with Gasteiger partial charge in [-0.05, 0) is 43.2 Å². The Hall–Kier alpha value is -2.89. The normalized spacial score (nSPS) is 17.9. The lowest BCUT2D eigenvalue weighted by atomic mass is 10.1. The Morgan fingerprint density at radius 1 is 1.12 bits per heavy atom. The molecule has 3 aromatic rings. The number of hydrogen-bond donors (Lipinski definition) is 0. The molecule has 134 valence electrons. The summed E-state index contributed by atoms with van der Waals surface area (Å²) in [4.78, 5) is 19.7. The topological polar surface area (TPSA) is 56.0 Å². The molecule has 3 aromatic heterocycles. The highest BCUT2D eigenvalue weighted by atomic mass is 16.2. The van der Waals surface area contributed by atoms with Crippen molar-refractivity contribution in [2.24, 2.45) is 7.05 Å². The van der Waals surface area contributed by atoms with Gasteiger partial charge in [-0.15, -0.1) is 0 Å². The second kappa shape index (κ2) is 7.15. The van der Waals surface area contributed by atoms with E-state index in [9.17, 15) is 4.79 Å². The van der Waals surface area contributed by atoms with E-state index in [1.165, 1.54) is 5.69 Å². The molecule has 4 heterocycles. The number of amides is 1. The van der Waals surface area contributed by atoms with Crippen molar-refractivity contribution in [2.45, 2.75) is 31.7 Å². The first-order chi connectivity index (χ1) is 12.7. The number of nitrogens with zero attached hydrogens (tertiary/aromatic N) is 5. The maximum Gasteiger partial charge on any atom is 0.273 e. The van der Waals surface area contributed by atoms with Crippen molar-refractivity contribution < 1.29 is 4.79 Å². The van der Waals surface area contributed by atoms with E-state index >= 15 is 0 Å². The quantitative estimate of drug-likeness (QED) is 0.728. The maximum absolute atomic E-state index is 13.3. The number of carbonyl (C=O) groups excluding carboxylic acids is 1. The smallest absolute Gasteiger partial charge is 0.273 e. The summed E-state index contributed by atoms with van der Waals surface area (Å²) in [6.45, 7) is 0.766. The van der Waals surface area contributed by atoms with Gasteiger partial charge >= 0.3 is 0 Å². The van der Waals surface area contributed by atoms with Crippen LogP contribution in [0.3, 0.4) is 0 Å². The van der Waals surface area contributed by atoms with E-state index in [-0.39, 0.29) is 11.9 Å². The molecule has 6 heteroatoms. The second-order valence-corrected chi connectivity index (χ2v) is 6.76. The average molecular weight is 349 g/mol. The van der Waals surface area contributed by atoms with Crippen LogP contribution in [0.1, 0.15) is 47.9 Å². The third-order valence-corrected chi connectivity index (χ3v) is 5.07. The van der Waals surface area contributed by atoms with Crippen LogP contribution in [0.25, 0.3) is 5.69 Å². The summed E-state index contributed by atoms with van der Waals surface area (Å²) >= 11 is 0. The van der Waals surface area contributed by atoms with Gasteiger partial charge in [0, 0.05) is 44.1 Å². The number of pyridine rings is 1. The molecule has 0 radical (unpaired) electrons. The third-order valence-electron chi connectivity index (χ3n) is 5.07. The number of likely N-dealkylation sites (tertiary alicyclic amines) is 1. The van der Waals surface area contributed by atoms with Crippen LogP contribution in [0.2, 0.25) is 0 Å². The third kappa shape index (κ3) is 3.14. The number of rotatable bonds is 3. The van der Waals surface area contributed by atoms with Gasteiger partial charge in [-0.25, -0.2) is 4.68 Å². The standard InChI is InChI=1S/C20H23N5O/c1-23-12-5-8-18(23)19-7-3-2-4-13-24(19)20(26)17-15-16(9-11-21-17)25-14-6-10-22-25/h5-6,8-12,14-15,19H,2-4,7,13H2,1H3/t19-/m1/s1. The molecule has 1 saturated heterocycles. The van der Waals surface area contributed by atoms with Crippen LogP contribution in [0.15, 0.2) is 55.1 Å². The molecular weight excluding hydrogens is 326 g/mol. The van der Waals surface area contributed by atoms with Gasteiger partial charge in [0.05, 0.1) is 11.7 Å². The number of hydrogen-bond acceptors (Lipinski definition) is 3. The fourth-order valence-corrected chi connectivity index (χ4v) is 3.73. The zero-order valence-corrected chi connectivity index (χ0v) is 15.0. The van der Waals surface area contributed by atoms with E-state index in [4.69, 9.17) is 0 Å². The first-order valence-corrected chi connectivity index (χ1v) is 9.12. The van der Waals surface area contributed by atoms with E-state index in [0.29, 0.717) is 5.69 Å². The van der Waals surface area contributed by atoms with Gasteiger partial charge in [0.25, 0.3) is 5.91 Å². The van der Waals surface area contributed by atoms with E-state index in [0.717, 1.165) is 37.9 Å². The molecule has 4 rings (SSSR count). The fraction of sp³-hybridized carbons (Fsp3) is 0.350. The predicted molar refractivity (Wildman–Crippen MR) is 99.0 cm³/mol. The zero-order valence-electron chi connectivity index (χ0n) is 15.0. The van der Waals surface area contributed by atoms with Gasteiger partial charge in [-0.1, -0.05) is 12.8 Å². The molecule has 0 saturated carbocycles. The van der Waals surface area contributed by atoms with Crippen molar-refractivity contribution >= 4 is 5.91 Å². The Bertz CT molecular complexity index is 883. The van der Waals surface area contributed by atoms with Crippen molar-refractivity contribution in [1.29, 1.82) is 0 Å². The molecule has 1 aliphatic rings. The summed E-state index contributed by atoms with van der Waals surface area (Å²) in [5.41, 5.74) is 2.50. The second-order valence-electron chi connectivity index (χ2n) is 6.76. The molecule has 1 atom stereocenters. The molecule has 0 aliphatic carbocycles. The Kier molecular flexibility index (Phi) is 4.56. The Labute approximate surface area is 153 Å². The van der Waals surface area contributed by atoms with Crippen molar-refractivity contribution in [3.8, 4) is 5.69 Å². The molecule has 0 N–H and O–H groups in total. The van der Waals surface area contributed by atoms with E-state index < -0.39 is 0 Å². The summed E-state index contributed by atoms with van der Waals surface area (Å²) < 4.78 is 3.86. The molecule has 26 heavy (non-hydrogen) atoms. The van der Waals surface area contributed by atoms with Gasteiger partial charge < -0.3 is 9.47 Å². The SMILES string of the molecule is Cn1cccc1[C@H]1CCCCCN1C(=O)c1cc(-n2cccn2)ccn1. The summed E-state index contributed by atoms with van der Waals surface area (Å²) in [6, 6.07) is 9.80. The highest BCUT2D eigenvalue weighted by Crippen LogP contribution is 2.31. The Balaban J connectivity index is 1.67. The van der Waals surface area contributed by atoms with Crippen molar-refractivity contribution in [3.05, 3.63) is 66.5 Å². The minimum atomic E-state index is -0.00731. The minimum Gasteiger partial charge on any atom is -0.353 e. The zero-order chi connectivity index (χ0) is 17.9. The highest BCUT2D eigenvalue weighted by molar-refractivity contribution is 5.93. The van der Waals surface area contributed by atoms with Crippen LogP contribution in [0.5, 0.6) is 0 Å². The fourth-order valence-electron chi connectivity index (χ4n) is 3.73. The summed E-state index contributed by atoms with van der Waals surface area (Å²) in [6.07, 6.45) is 11.6. The highest BCUT2D eigenvalue weighted by Gasteiger charge is 2.29. The van der Waals surface area contributed by atoms with Gasteiger partial charge in [0.2, 0.25) is 0 Å². The van der Waals surface area contributed by atoms with Crippen LogP contribution in [0.4, 0.5) is 0 Å². The number of aryl methyl sites for hydroxylation is 1. The van der Waals surface area contributed by atoms with Crippen LogP contribution in [-0.4, -0.2) is 36.7 Å². The average Bonchev–Trinajstić information content (AvgIpc) is 3.29. The lowest BCUT2D eigenvalue weighted by molar-refractivity contribution is 0.0668. The van der Waals surface area contributed by atoms with Gasteiger partial charge in [-0.3, -0.25) is 9.78 Å².